The van der Waals surface area contributed by atoms with Crippen LogP contribution in [0.25, 0.3) is 0 Å². The fraction of sp³-hybridized carbons (Fsp3) is 0.562. The van der Waals surface area contributed by atoms with Crippen LogP contribution in [0.5, 0.6) is 0 Å². The number of rotatable bonds is 6. The molecule has 0 heterocycles. The van der Waals surface area contributed by atoms with Crippen molar-refractivity contribution in [3.05, 3.63) is 35.4 Å². The van der Waals surface area contributed by atoms with Gasteiger partial charge in [-0.25, -0.2) is 8.78 Å². The molecule has 2 rings (SSSR count). The van der Waals surface area contributed by atoms with E-state index in [1.807, 2.05) is 0 Å². The van der Waals surface area contributed by atoms with Gasteiger partial charge >= 0.3 is 0 Å². The number of carbonyl (C=O) groups excluding carboxylic acids is 1. The summed E-state index contributed by atoms with van der Waals surface area (Å²) in [5.41, 5.74) is -0.408. The minimum Gasteiger partial charge on any atom is -0.348 e. The van der Waals surface area contributed by atoms with Crippen LogP contribution in [0.4, 0.5) is 8.78 Å². The first-order chi connectivity index (χ1) is 9.87. The first kappa shape index (κ1) is 15.9. The summed E-state index contributed by atoms with van der Waals surface area (Å²) >= 11 is 0. The summed E-state index contributed by atoms with van der Waals surface area (Å²) in [5.74, 6) is -1.29. The largest absolute Gasteiger partial charge is 0.348 e. The summed E-state index contributed by atoms with van der Waals surface area (Å²) in [7, 11) is 0. The second-order valence-corrected chi connectivity index (χ2v) is 6.37. The Balaban J connectivity index is 2.20. The Labute approximate surface area is 124 Å². The van der Waals surface area contributed by atoms with Crippen molar-refractivity contribution in [2.24, 2.45) is 0 Å². The van der Waals surface area contributed by atoms with Crippen LogP contribution in [0.3, 0.4) is 0 Å². The lowest BCUT2D eigenvalue weighted by Gasteiger charge is -2.35. The zero-order valence-corrected chi connectivity index (χ0v) is 12.5. The van der Waals surface area contributed by atoms with Crippen LogP contribution in [0.15, 0.2) is 18.2 Å². The Hall–Kier alpha value is -1.49. The first-order valence-corrected chi connectivity index (χ1v) is 7.30. The molecule has 21 heavy (non-hydrogen) atoms. The third-order valence-corrected chi connectivity index (χ3v) is 4.45. The van der Waals surface area contributed by atoms with E-state index < -0.39 is 17.2 Å². The van der Waals surface area contributed by atoms with Crippen molar-refractivity contribution in [1.29, 1.82) is 0 Å². The van der Waals surface area contributed by atoms with Crippen LogP contribution in [0.2, 0.25) is 0 Å². The van der Waals surface area contributed by atoms with Gasteiger partial charge in [-0.05, 0) is 44.4 Å². The molecule has 1 saturated carbocycles. The van der Waals surface area contributed by atoms with Crippen molar-refractivity contribution in [3.63, 3.8) is 0 Å². The highest BCUT2D eigenvalue weighted by molar-refractivity contribution is 5.49. The number of hydrogen-bond acceptors (Lipinski definition) is 2. The SMILES string of the molecule is CC1(NCC(C)(NC=O)c2cc(F)cc(F)c2)CCCC1. The normalized spacial score (nSPS) is 20.0. The molecule has 0 spiro atoms. The van der Waals surface area contributed by atoms with Gasteiger partial charge in [-0.2, -0.15) is 0 Å². The van der Waals surface area contributed by atoms with E-state index in [0.29, 0.717) is 18.5 Å². The van der Waals surface area contributed by atoms with Crippen molar-refractivity contribution < 1.29 is 13.6 Å². The third kappa shape index (κ3) is 3.79. The minimum atomic E-state index is -0.851. The monoisotopic (exact) mass is 296 g/mol. The summed E-state index contributed by atoms with van der Waals surface area (Å²) in [6.45, 7) is 4.33. The molecule has 3 nitrogen and oxygen atoms in total. The smallest absolute Gasteiger partial charge is 0.207 e. The summed E-state index contributed by atoms with van der Waals surface area (Å²) < 4.78 is 26.9. The van der Waals surface area contributed by atoms with Crippen LogP contribution in [0, 0.1) is 11.6 Å². The van der Waals surface area contributed by atoms with E-state index in [4.69, 9.17) is 0 Å². The highest BCUT2D eigenvalue weighted by Crippen LogP contribution is 2.30. The van der Waals surface area contributed by atoms with Gasteiger partial charge in [-0.3, -0.25) is 4.79 Å². The van der Waals surface area contributed by atoms with Crippen molar-refractivity contribution >= 4 is 6.41 Å². The Morgan fingerprint density at radius 3 is 2.33 bits per heavy atom. The lowest BCUT2D eigenvalue weighted by molar-refractivity contribution is -0.111. The molecule has 1 fully saturated rings. The van der Waals surface area contributed by atoms with Crippen LogP contribution in [0.1, 0.15) is 45.1 Å². The van der Waals surface area contributed by atoms with Crippen LogP contribution >= 0.6 is 0 Å². The molecule has 1 aliphatic carbocycles. The zero-order valence-electron chi connectivity index (χ0n) is 12.5. The Bertz CT molecular complexity index is 495. The highest BCUT2D eigenvalue weighted by atomic mass is 19.1. The fourth-order valence-corrected chi connectivity index (χ4v) is 2.96. The summed E-state index contributed by atoms with van der Waals surface area (Å²) in [6.07, 6.45) is 5.07. The molecule has 1 aromatic rings. The molecular weight excluding hydrogens is 274 g/mol. The Morgan fingerprint density at radius 1 is 1.24 bits per heavy atom. The van der Waals surface area contributed by atoms with E-state index in [-0.39, 0.29) is 5.54 Å². The number of amides is 1. The maximum Gasteiger partial charge on any atom is 0.207 e. The number of nitrogens with one attached hydrogen (secondary N) is 2. The van der Waals surface area contributed by atoms with Gasteiger partial charge in [0.2, 0.25) is 6.41 Å². The first-order valence-electron chi connectivity index (χ1n) is 7.30. The average Bonchev–Trinajstić information content (AvgIpc) is 2.83. The van der Waals surface area contributed by atoms with Crippen LogP contribution in [-0.4, -0.2) is 18.5 Å². The van der Waals surface area contributed by atoms with E-state index >= 15 is 0 Å². The topological polar surface area (TPSA) is 41.1 Å². The average molecular weight is 296 g/mol. The molecule has 1 aromatic carbocycles. The van der Waals surface area contributed by atoms with Crippen molar-refractivity contribution in [1.82, 2.24) is 10.6 Å². The predicted octanol–water partition coefficient (Wildman–Crippen LogP) is 2.85. The number of carbonyl (C=O) groups is 1. The Kier molecular flexibility index (Phi) is 4.61. The molecule has 0 saturated heterocycles. The Morgan fingerprint density at radius 2 is 1.81 bits per heavy atom. The van der Waals surface area contributed by atoms with Gasteiger partial charge in [0.05, 0.1) is 5.54 Å². The predicted molar refractivity (Wildman–Crippen MR) is 77.8 cm³/mol. The molecule has 1 unspecified atom stereocenters. The molecule has 0 bridgehead atoms. The molecule has 0 aromatic heterocycles. The molecule has 1 aliphatic rings. The van der Waals surface area contributed by atoms with Gasteiger partial charge in [0, 0.05) is 18.2 Å². The van der Waals surface area contributed by atoms with Gasteiger partial charge < -0.3 is 10.6 Å². The maximum atomic E-state index is 13.4. The fourth-order valence-electron chi connectivity index (χ4n) is 2.96. The number of halogens is 2. The van der Waals surface area contributed by atoms with Crippen molar-refractivity contribution in [2.75, 3.05) is 6.54 Å². The molecule has 0 radical (unpaired) electrons. The summed E-state index contributed by atoms with van der Waals surface area (Å²) in [5, 5.41) is 6.15. The molecule has 2 N–H and O–H groups in total. The maximum absolute atomic E-state index is 13.4. The number of benzene rings is 1. The molecule has 5 heteroatoms. The summed E-state index contributed by atoms with van der Waals surface area (Å²) in [4.78, 5) is 10.9. The van der Waals surface area contributed by atoms with Gasteiger partial charge in [-0.1, -0.05) is 12.8 Å². The van der Waals surface area contributed by atoms with Crippen LogP contribution < -0.4 is 10.6 Å². The van der Waals surface area contributed by atoms with Crippen molar-refractivity contribution in [3.8, 4) is 0 Å². The van der Waals surface area contributed by atoms with E-state index in [0.717, 1.165) is 18.9 Å². The number of hydrogen-bond donors (Lipinski definition) is 2. The lowest BCUT2D eigenvalue weighted by atomic mass is 9.90. The second-order valence-electron chi connectivity index (χ2n) is 6.37. The van der Waals surface area contributed by atoms with Gasteiger partial charge in [0.1, 0.15) is 11.6 Å². The van der Waals surface area contributed by atoms with E-state index in [1.165, 1.54) is 25.0 Å². The van der Waals surface area contributed by atoms with Gasteiger partial charge in [-0.15, -0.1) is 0 Å². The zero-order chi connectivity index (χ0) is 15.5. The van der Waals surface area contributed by atoms with Gasteiger partial charge in [0.25, 0.3) is 0 Å². The van der Waals surface area contributed by atoms with Crippen molar-refractivity contribution in [2.45, 2.75) is 50.6 Å². The molecule has 1 amide bonds. The quantitative estimate of drug-likeness (QED) is 0.793. The minimum absolute atomic E-state index is 0.0255. The van der Waals surface area contributed by atoms with E-state index in [2.05, 4.69) is 17.6 Å². The molecule has 0 aliphatic heterocycles. The molecular formula is C16H22F2N2O. The lowest BCUT2D eigenvalue weighted by Crippen LogP contribution is -2.52. The summed E-state index contributed by atoms with van der Waals surface area (Å²) in [6, 6.07) is 3.35. The second kappa shape index (κ2) is 6.10. The molecule has 1 atom stereocenters. The van der Waals surface area contributed by atoms with E-state index in [1.54, 1.807) is 6.92 Å². The third-order valence-electron chi connectivity index (χ3n) is 4.45. The van der Waals surface area contributed by atoms with Gasteiger partial charge in [0.15, 0.2) is 0 Å². The van der Waals surface area contributed by atoms with E-state index in [9.17, 15) is 13.6 Å². The standard InChI is InChI=1S/C16H22F2N2O/c1-15(5-3-4-6-15)19-10-16(2,20-11-21)12-7-13(17)9-14(18)8-12/h7-9,11,19H,3-6,10H2,1-2H3,(H,20,21). The molecule has 116 valence electrons. The highest BCUT2D eigenvalue weighted by Gasteiger charge is 2.33. The van der Waals surface area contributed by atoms with Crippen LogP contribution in [-0.2, 0) is 10.3 Å².